The molecule has 0 rings (SSSR count). The van der Waals surface area contributed by atoms with E-state index in [2.05, 4.69) is 0 Å². The molecule has 20 heavy (non-hydrogen) atoms. The van der Waals surface area contributed by atoms with E-state index in [1.165, 1.54) is 6.92 Å². The van der Waals surface area contributed by atoms with Gasteiger partial charge >= 0.3 is 11.9 Å². The van der Waals surface area contributed by atoms with Gasteiger partial charge in [0.05, 0.1) is 6.61 Å². The first-order chi connectivity index (χ1) is 9.42. The van der Waals surface area contributed by atoms with Crippen molar-refractivity contribution >= 4 is 17.7 Å². The Labute approximate surface area is 121 Å². The van der Waals surface area contributed by atoms with Gasteiger partial charge in [-0.2, -0.15) is 0 Å². The minimum absolute atomic E-state index is 0.178. The van der Waals surface area contributed by atoms with Crippen LogP contribution in [0.2, 0.25) is 0 Å². The molecule has 5 heteroatoms. The topological polar surface area (TPSA) is 69.7 Å². The summed E-state index contributed by atoms with van der Waals surface area (Å²) in [4.78, 5) is 35.8. The molecular weight excluding hydrogens is 260 g/mol. The van der Waals surface area contributed by atoms with Crippen molar-refractivity contribution in [2.24, 2.45) is 0 Å². The highest BCUT2D eigenvalue weighted by atomic mass is 16.6. The molecule has 116 valence electrons. The van der Waals surface area contributed by atoms with Crippen LogP contribution in [-0.4, -0.2) is 29.9 Å². The summed E-state index contributed by atoms with van der Waals surface area (Å²) in [6, 6.07) is 0. The summed E-state index contributed by atoms with van der Waals surface area (Å²) in [6.45, 7) is 7.18. The maximum Gasteiger partial charge on any atom is 0.358 e. The van der Waals surface area contributed by atoms with Gasteiger partial charge in [0.15, 0.2) is 5.78 Å². The van der Waals surface area contributed by atoms with E-state index in [4.69, 9.17) is 9.47 Å². The molecule has 0 bridgehead atoms. The van der Waals surface area contributed by atoms with Gasteiger partial charge in [0, 0.05) is 12.8 Å². The van der Waals surface area contributed by atoms with E-state index >= 15 is 0 Å². The molecule has 0 aliphatic heterocycles. The predicted octanol–water partition coefficient (Wildman–Crippen LogP) is 2.80. The number of hydrogen-bond donors (Lipinski definition) is 0. The predicted molar refractivity (Wildman–Crippen MR) is 75.2 cm³/mol. The Morgan fingerprint density at radius 3 is 2.05 bits per heavy atom. The number of carbonyl (C=O) groups excluding carboxylic acids is 3. The van der Waals surface area contributed by atoms with Crippen molar-refractivity contribution in [3.63, 3.8) is 0 Å². The first-order valence-electron chi connectivity index (χ1n) is 7.34. The van der Waals surface area contributed by atoms with Crippen LogP contribution in [0.15, 0.2) is 0 Å². The minimum atomic E-state index is -1.81. The minimum Gasteiger partial charge on any atom is -0.462 e. The first kappa shape index (κ1) is 18.6. The van der Waals surface area contributed by atoms with Gasteiger partial charge < -0.3 is 9.47 Å². The van der Waals surface area contributed by atoms with Crippen LogP contribution in [0.25, 0.3) is 0 Å². The summed E-state index contributed by atoms with van der Waals surface area (Å²) < 4.78 is 10.2. The first-order valence-corrected chi connectivity index (χ1v) is 7.34. The van der Waals surface area contributed by atoms with Crippen molar-refractivity contribution in [2.75, 3.05) is 6.61 Å². The van der Waals surface area contributed by atoms with Crippen LogP contribution < -0.4 is 0 Å². The van der Waals surface area contributed by atoms with Crippen LogP contribution in [0, 0.1) is 0 Å². The van der Waals surface area contributed by atoms with E-state index in [0.717, 1.165) is 6.42 Å². The van der Waals surface area contributed by atoms with Crippen molar-refractivity contribution < 1.29 is 23.9 Å². The number of carbonyl (C=O) groups is 3. The molecule has 5 nitrogen and oxygen atoms in total. The third-order valence-corrected chi connectivity index (χ3v) is 2.90. The van der Waals surface area contributed by atoms with Crippen molar-refractivity contribution in [3.8, 4) is 0 Å². The molecule has 0 heterocycles. The van der Waals surface area contributed by atoms with Gasteiger partial charge in [-0.3, -0.25) is 9.59 Å². The fraction of sp³-hybridized carbons (Fsp3) is 0.800. The number of Topliss-reactive ketones (excluding diaryl/α,β-unsaturated/α-hetero) is 1. The summed E-state index contributed by atoms with van der Waals surface area (Å²) >= 11 is 0. The van der Waals surface area contributed by atoms with E-state index in [9.17, 15) is 14.4 Å². The second kappa shape index (κ2) is 9.50. The van der Waals surface area contributed by atoms with Gasteiger partial charge in [-0.25, -0.2) is 4.79 Å². The molecule has 0 amide bonds. The molecule has 0 saturated heterocycles. The van der Waals surface area contributed by atoms with Crippen LogP contribution in [0.3, 0.4) is 0 Å². The largest absolute Gasteiger partial charge is 0.462 e. The van der Waals surface area contributed by atoms with Gasteiger partial charge in [-0.15, -0.1) is 0 Å². The van der Waals surface area contributed by atoms with Crippen LogP contribution in [0.1, 0.15) is 66.2 Å². The third kappa shape index (κ3) is 5.72. The maximum absolute atomic E-state index is 12.1. The van der Waals surface area contributed by atoms with E-state index in [-0.39, 0.29) is 19.4 Å². The number of ether oxygens (including phenoxy) is 2. The van der Waals surface area contributed by atoms with Gasteiger partial charge in [0.25, 0.3) is 5.60 Å². The van der Waals surface area contributed by atoms with Crippen molar-refractivity contribution in [2.45, 2.75) is 71.8 Å². The average molecular weight is 286 g/mol. The number of ketones is 1. The molecule has 0 aliphatic carbocycles. The normalized spacial score (nSPS) is 13.4. The standard InChI is InChI=1S/C15H26O5/c1-5-8-11-19-14(18)15(4,12(16)9-6-2)20-13(17)10-7-3/h5-11H2,1-4H3. The molecule has 0 saturated carbocycles. The van der Waals surface area contributed by atoms with Gasteiger partial charge in [-0.05, 0) is 26.2 Å². The van der Waals surface area contributed by atoms with Crippen LogP contribution in [0.4, 0.5) is 0 Å². The molecular formula is C15H26O5. The summed E-state index contributed by atoms with van der Waals surface area (Å²) in [5.74, 6) is -1.73. The molecule has 0 aliphatic rings. The molecule has 0 N–H and O–H groups in total. The quantitative estimate of drug-likeness (QED) is 0.351. The monoisotopic (exact) mass is 286 g/mol. The van der Waals surface area contributed by atoms with Gasteiger partial charge in [-0.1, -0.05) is 27.2 Å². The Kier molecular flexibility index (Phi) is 8.84. The molecule has 0 radical (unpaired) electrons. The summed E-state index contributed by atoms with van der Waals surface area (Å²) in [5, 5.41) is 0. The SMILES string of the molecule is CCCCOC(=O)C(C)(OC(=O)CCC)C(=O)CCC. The molecule has 0 spiro atoms. The zero-order valence-corrected chi connectivity index (χ0v) is 13.0. The molecule has 0 fully saturated rings. The highest BCUT2D eigenvalue weighted by Gasteiger charge is 2.45. The summed E-state index contributed by atoms with van der Waals surface area (Å²) in [6.07, 6.45) is 3.13. The fourth-order valence-corrected chi connectivity index (χ4v) is 1.61. The highest BCUT2D eigenvalue weighted by molar-refractivity contribution is 6.08. The lowest BCUT2D eigenvalue weighted by atomic mass is 9.97. The second-order valence-corrected chi connectivity index (χ2v) is 4.92. The van der Waals surface area contributed by atoms with Crippen LogP contribution in [0.5, 0.6) is 0 Å². The second-order valence-electron chi connectivity index (χ2n) is 4.92. The molecule has 0 aromatic rings. The van der Waals surface area contributed by atoms with E-state index < -0.39 is 23.3 Å². The van der Waals surface area contributed by atoms with Crippen molar-refractivity contribution in [3.05, 3.63) is 0 Å². The third-order valence-electron chi connectivity index (χ3n) is 2.90. The lowest BCUT2D eigenvalue weighted by molar-refractivity contribution is -0.184. The van der Waals surface area contributed by atoms with Crippen LogP contribution in [-0.2, 0) is 23.9 Å². The Hall–Kier alpha value is -1.39. The Morgan fingerprint density at radius 2 is 1.55 bits per heavy atom. The lowest BCUT2D eigenvalue weighted by Crippen LogP contribution is -2.49. The van der Waals surface area contributed by atoms with E-state index in [1.807, 2.05) is 20.8 Å². The molecule has 1 atom stereocenters. The smallest absolute Gasteiger partial charge is 0.358 e. The zero-order valence-electron chi connectivity index (χ0n) is 13.0. The Morgan fingerprint density at radius 1 is 0.950 bits per heavy atom. The number of rotatable bonds is 10. The molecule has 1 unspecified atom stereocenters. The Balaban J connectivity index is 4.89. The van der Waals surface area contributed by atoms with Gasteiger partial charge in [0.1, 0.15) is 0 Å². The van der Waals surface area contributed by atoms with Crippen LogP contribution >= 0.6 is 0 Å². The summed E-state index contributed by atoms with van der Waals surface area (Å²) in [5.41, 5.74) is -1.81. The average Bonchev–Trinajstić information content (AvgIpc) is 2.39. The number of unbranched alkanes of at least 4 members (excludes halogenated alkanes) is 1. The maximum atomic E-state index is 12.1. The van der Waals surface area contributed by atoms with Crippen molar-refractivity contribution in [1.29, 1.82) is 0 Å². The Bertz CT molecular complexity index is 337. The van der Waals surface area contributed by atoms with E-state index in [0.29, 0.717) is 19.3 Å². The molecule has 0 aromatic carbocycles. The lowest BCUT2D eigenvalue weighted by Gasteiger charge is -2.26. The fourth-order valence-electron chi connectivity index (χ4n) is 1.61. The number of hydrogen-bond acceptors (Lipinski definition) is 5. The van der Waals surface area contributed by atoms with E-state index in [1.54, 1.807) is 0 Å². The zero-order chi connectivity index (χ0) is 15.6. The number of esters is 2. The molecule has 0 aromatic heterocycles. The van der Waals surface area contributed by atoms with Gasteiger partial charge in [0.2, 0.25) is 0 Å². The van der Waals surface area contributed by atoms with Crippen molar-refractivity contribution in [1.82, 2.24) is 0 Å². The highest BCUT2D eigenvalue weighted by Crippen LogP contribution is 2.19. The summed E-state index contributed by atoms with van der Waals surface area (Å²) in [7, 11) is 0.